The number of halogens is 1. The van der Waals surface area contributed by atoms with Crippen LogP contribution in [0.15, 0.2) is 46.0 Å². The molecule has 0 unspecified atom stereocenters. The molecule has 9 nitrogen and oxygen atoms in total. The zero-order chi connectivity index (χ0) is 24.0. The van der Waals surface area contributed by atoms with Crippen LogP contribution < -0.4 is 14.2 Å². The summed E-state index contributed by atoms with van der Waals surface area (Å²) in [6.07, 6.45) is 5.29. The smallest absolute Gasteiger partial charge is 0.220 e. The lowest BCUT2D eigenvalue weighted by atomic mass is 10.1. The van der Waals surface area contributed by atoms with Gasteiger partial charge < -0.3 is 14.2 Å². The Morgan fingerprint density at radius 3 is 2.58 bits per heavy atom. The van der Waals surface area contributed by atoms with E-state index >= 15 is 0 Å². The SMILES string of the molecule is C#CCOc1c(Br)cc([C@H](C[N+](=O)[O-])Sc2nnc(C)n2-c2ccc(OC)cc2)cc1OC. The van der Waals surface area contributed by atoms with Crippen LogP contribution in [0.1, 0.15) is 16.6 Å². The Morgan fingerprint density at radius 2 is 1.97 bits per heavy atom. The van der Waals surface area contributed by atoms with Gasteiger partial charge in [0.25, 0.3) is 0 Å². The van der Waals surface area contributed by atoms with Crippen LogP contribution >= 0.6 is 27.7 Å². The molecule has 0 fully saturated rings. The van der Waals surface area contributed by atoms with Gasteiger partial charge in [0.1, 0.15) is 23.4 Å². The first kappa shape index (κ1) is 24.4. The highest BCUT2D eigenvalue weighted by molar-refractivity contribution is 9.10. The first-order valence-electron chi connectivity index (χ1n) is 9.66. The molecule has 0 bridgehead atoms. The number of nitrogens with zero attached hydrogens (tertiary/aromatic N) is 4. The molecule has 1 atom stereocenters. The highest BCUT2D eigenvalue weighted by Crippen LogP contribution is 2.43. The summed E-state index contributed by atoms with van der Waals surface area (Å²) in [5, 5.41) is 19.9. The normalized spacial score (nSPS) is 11.5. The molecule has 0 aliphatic heterocycles. The van der Waals surface area contributed by atoms with Crippen LogP contribution in [-0.2, 0) is 0 Å². The van der Waals surface area contributed by atoms with Crippen molar-refractivity contribution in [1.82, 2.24) is 14.8 Å². The Hall–Kier alpha value is -3.23. The Labute approximate surface area is 203 Å². The Bertz CT molecular complexity index is 1180. The summed E-state index contributed by atoms with van der Waals surface area (Å²) in [6, 6.07) is 10.9. The van der Waals surface area contributed by atoms with Gasteiger partial charge in [0.2, 0.25) is 6.54 Å². The van der Waals surface area contributed by atoms with Gasteiger partial charge in [0.15, 0.2) is 16.7 Å². The molecule has 172 valence electrons. The van der Waals surface area contributed by atoms with Crippen LogP contribution in [0.25, 0.3) is 5.69 Å². The second-order valence-corrected chi connectivity index (χ2v) is 8.74. The van der Waals surface area contributed by atoms with Crippen LogP contribution in [0.3, 0.4) is 0 Å². The molecular weight excluding hydrogens is 512 g/mol. The predicted molar refractivity (Wildman–Crippen MR) is 128 cm³/mol. The van der Waals surface area contributed by atoms with E-state index in [1.807, 2.05) is 35.8 Å². The van der Waals surface area contributed by atoms with Crippen LogP contribution in [0, 0.1) is 29.4 Å². The molecule has 33 heavy (non-hydrogen) atoms. The van der Waals surface area contributed by atoms with Crippen molar-refractivity contribution in [1.29, 1.82) is 0 Å². The standard InChI is InChI=1S/C22H21BrN4O5S/c1-5-10-32-21-18(23)11-15(12-19(21)31-4)20(13-26(28)29)33-22-25-24-14(2)27(22)16-6-8-17(30-3)9-7-16/h1,6-9,11-12,20H,10,13H2,2-4H3/t20-/m0/s1. The lowest BCUT2D eigenvalue weighted by Crippen LogP contribution is -2.12. The maximum absolute atomic E-state index is 11.5. The van der Waals surface area contributed by atoms with E-state index in [-0.39, 0.29) is 18.1 Å². The lowest BCUT2D eigenvalue weighted by molar-refractivity contribution is -0.479. The van der Waals surface area contributed by atoms with Crippen molar-refractivity contribution in [3.63, 3.8) is 0 Å². The molecule has 0 spiro atoms. The monoisotopic (exact) mass is 532 g/mol. The van der Waals surface area contributed by atoms with Crippen molar-refractivity contribution in [2.45, 2.75) is 17.3 Å². The van der Waals surface area contributed by atoms with Crippen LogP contribution in [0.5, 0.6) is 17.2 Å². The number of rotatable bonds is 10. The Kier molecular flexibility index (Phi) is 8.19. The van der Waals surface area contributed by atoms with E-state index in [1.54, 1.807) is 19.2 Å². The van der Waals surface area contributed by atoms with Crippen molar-refractivity contribution in [2.75, 3.05) is 27.4 Å². The highest BCUT2D eigenvalue weighted by atomic mass is 79.9. The number of hydrogen-bond acceptors (Lipinski definition) is 8. The van der Waals surface area contributed by atoms with Gasteiger partial charge in [0, 0.05) is 10.6 Å². The summed E-state index contributed by atoms with van der Waals surface area (Å²) >= 11 is 4.70. The largest absolute Gasteiger partial charge is 0.497 e. The third-order valence-electron chi connectivity index (χ3n) is 4.61. The molecule has 0 radical (unpaired) electrons. The zero-order valence-electron chi connectivity index (χ0n) is 18.1. The minimum atomic E-state index is -0.576. The predicted octanol–water partition coefficient (Wildman–Crippen LogP) is 4.48. The average Bonchev–Trinajstić information content (AvgIpc) is 3.16. The van der Waals surface area contributed by atoms with Gasteiger partial charge in [-0.2, -0.15) is 0 Å². The van der Waals surface area contributed by atoms with E-state index in [1.165, 1.54) is 18.9 Å². The number of thioether (sulfide) groups is 1. The molecule has 1 heterocycles. The molecule has 0 saturated carbocycles. The molecule has 1 aromatic heterocycles. The summed E-state index contributed by atoms with van der Waals surface area (Å²) in [5.74, 6) is 4.62. The number of methoxy groups -OCH3 is 2. The van der Waals surface area contributed by atoms with Gasteiger partial charge in [0.05, 0.1) is 18.7 Å². The van der Waals surface area contributed by atoms with E-state index in [9.17, 15) is 10.1 Å². The third kappa shape index (κ3) is 5.77. The molecule has 0 N–H and O–H groups in total. The van der Waals surface area contributed by atoms with Crippen molar-refractivity contribution in [2.24, 2.45) is 0 Å². The number of aryl methyl sites for hydroxylation is 1. The minimum absolute atomic E-state index is 0.0611. The molecular formula is C22H21BrN4O5S. The molecule has 0 aliphatic rings. The Morgan fingerprint density at radius 1 is 1.24 bits per heavy atom. The van der Waals surface area contributed by atoms with Crippen molar-refractivity contribution in [3.05, 3.63) is 62.4 Å². The summed E-state index contributed by atoms with van der Waals surface area (Å²) in [7, 11) is 3.09. The molecule has 0 amide bonds. The lowest BCUT2D eigenvalue weighted by Gasteiger charge is -2.18. The van der Waals surface area contributed by atoms with Gasteiger partial charge in [-0.1, -0.05) is 17.7 Å². The van der Waals surface area contributed by atoms with Gasteiger partial charge in [-0.3, -0.25) is 14.7 Å². The van der Waals surface area contributed by atoms with E-state index in [0.29, 0.717) is 38.3 Å². The number of terminal acetylenes is 1. The molecule has 3 aromatic rings. The topological polar surface area (TPSA) is 102 Å². The number of benzene rings is 2. The van der Waals surface area contributed by atoms with E-state index in [2.05, 4.69) is 32.0 Å². The van der Waals surface area contributed by atoms with Crippen LogP contribution in [0.2, 0.25) is 0 Å². The first-order chi connectivity index (χ1) is 15.9. The summed E-state index contributed by atoms with van der Waals surface area (Å²) in [5.41, 5.74) is 1.48. The fourth-order valence-corrected chi connectivity index (χ4v) is 4.83. The quantitative estimate of drug-likeness (QED) is 0.163. The average molecular weight is 533 g/mol. The molecule has 3 rings (SSSR count). The van der Waals surface area contributed by atoms with Crippen molar-refractivity contribution >= 4 is 27.7 Å². The van der Waals surface area contributed by atoms with Gasteiger partial charge in [-0.25, -0.2) is 0 Å². The maximum atomic E-state index is 11.5. The minimum Gasteiger partial charge on any atom is -0.497 e. The number of ether oxygens (including phenoxy) is 3. The molecule has 0 saturated heterocycles. The summed E-state index contributed by atoms with van der Waals surface area (Å²) in [6.45, 7) is 1.55. The summed E-state index contributed by atoms with van der Waals surface area (Å²) in [4.78, 5) is 11.1. The second kappa shape index (κ2) is 11.1. The number of hydrogen-bond donors (Lipinski definition) is 0. The Balaban J connectivity index is 2.00. The van der Waals surface area contributed by atoms with Crippen LogP contribution in [0.4, 0.5) is 0 Å². The van der Waals surface area contributed by atoms with E-state index < -0.39 is 5.25 Å². The molecule has 11 heteroatoms. The van der Waals surface area contributed by atoms with E-state index in [0.717, 1.165) is 5.69 Å². The first-order valence-corrected chi connectivity index (χ1v) is 11.3. The van der Waals surface area contributed by atoms with Crippen molar-refractivity contribution in [3.8, 4) is 35.3 Å². The number of aromatic nitrogens is 3. The molecule has 2 aromatic carbocycles. The third-order valence-corrected chi connectivity index (χ3v) is 6.38. The summed E-state index contributed by atoms with van der Waals surface area (Å²) < 4.78 is 18.6. The van der Waals surface area contributed by atoms with Gasteiger partial charge in [-0.05, 0) is 64.8 Å². The fourth-order valence-electron chi connectivity index (χ4n) is 3.10. The zero-order valence-corrected chi connectivity index (χ0v) is 20.6. The highest BCUT2D eigenvalue weighted by Gasteiger charge is 2.26. The van der Waals surface area contributed by atoms with Gasteiger partial charge >= 0.3 is 0 Å². The number of nitro groups is 1. The van der Waals surface area contributed by atoms with Gasteiger partial charge in [-0.15, -0.1) is 16.6 Å². The maximum Gasteiger partial charge on any atom is 0.220 e. The second-order valence-electron chi connectivity index (χ2n) is 6.71. The van der Waals surface area contributed by atoms with Crippen molar-refractivity contribution < 1.29 is 19.1 Å². The fraction of sp³-hybridized carbons (Fsp3) is 0.273. The molecule has 0 aliphatic carbocycles. The van der Waals surface area contributed by atoms with E-state index in [4.69, 9.17) is 20.6 Å². The van der Waals surface area contributed by atoms with Crippen LogP contribution in [-0.4, -0.2) is 47.1 Å².